The van der Waals surface area contributed by atoms with Gasteiger partial charge in [-0.2, -0.15) is 13.2 Å². The molecule has 1 aliphatic rings. The van der Waals surface area contributed by atoms with Gasteiger partial charge in [0.1, 0.15) is 6.61 Å². The first-order valence-corrected chi connectivity index (χ1v) is 10.8. The van der Waals surface area contributed by atoms with Crippen molar-refractivity contribution in [3.05, 3.63) is 35.4 Å². The highest BCUT2D eigenvalue weighted by Gasteiger charge is 2.27. The van der Waals surface area contributed by atoms with Crippen LogP contribution in [0.1, 0.15) is 44.7 Å². The van der Waals surface area contributed by atoms with Gasteiger partial charge in [0.2, 0.25) is 0 Å². The summed E-state index contributed by atoms with van der Waals surface area (Å²) in [5, 5.41) is 6.74. The largest absolute Gasteiger partial charge is 0.411 e. The smallest absolute Gasteiger partial charge is 0.367 e. The Kier molecular flexibility index (Phi) is 9.91. The second kappa shape index (κ2) is 12.2. The second-order valence-electron chi connectivity index (χ2n) is 8.10. The van der Waals surface area contributed by atoms with Crippen molar-refractivity contribution in [3.8, 4) is 0 Å². The van der Waals surface area contributed by atoms with Gasteiger partial charge in [-0.25, -0.2) is 4.99 Å². The number of piperidine rings is 1. The van der Waals surface area contributed by atoms with E-state index in [4.69, 9.17) is 0 Å². The molecule has 5 nitrogen and oxygen atoms in total. The zero-order valence-electron chi connectivity index (χ0n) is 18.3. The second-order valence-corrected chi connectivity index (χ2v) is 8.10. The van der Waals surface area contributed by atoms with Crippen molar-refractivity contribution in [1.82, 2.24) is 15.5 Å². The van der Waals surface area contributed by atoms with Crippen molar-refractivity contribution in [3.63, 3.8) is 0 Å². The minimum absolute atomic E-state index is 0.0535. The Balaban J connectivity index is 1.82. The molecule has 1 aliphatic heterocycles. The normalized spacial score (nSPS) is 18.6. The number of likely N-dealkylation sites (tertiary alicyclic amines) is 1. The highest BCUT2D eigenvalue weighted by molar-refractivity contribution is 5.79. The van der Waals surface area contributed by atoms with Crippen molar-refractivity contribution >= 4 is 5.96 Å². The van der Waals surface area contributed by atoms with Gasteiger partial charge in [0.15, 0.2) is 5.96 Å². The molecule has 1 saturated heterocycles. The van der Waals surface area contributed by atoms with E-state index in [1.165, 1.54) is 19.4 Å². The van der Waals surface area contributed by atoms with E-state index in [0.29, 0.717) is 24.1 Å². The lowest BCUT2D eigenvalue weighted by Gasteiger charge is -2.35. The number of halogens is 3. The molecule has 2 rings (SSSR count). The fourth-order valence-electron chi connectivity index (χ4n) is 3.51. The van der Waals surface area contributed by atoms with E-state index in [0.717, 1.165) is 31.2 Å². The Morgan fingerprint density at radius 2 is 1.90 bits per heavy atom. The summed E-state index contributed by atoms with van der Waals surface area (Å²) < 4.78 is 41.1. The number of hydrogen-bond donors (Lipinski definition) is 2. The van der Waals surface area contributed by atoms with Crippen LogP contribution >= 0.6 is 0 Å². The molecule has 0 aromatic heterocycles. The summed E-state index contributed by atoms with van der Waals surface area (Å²) in [6, 6.07) is 7.90. The molecule has 0 spiro atoms. The van der Waals surface area contributed by atoms with Crippen LogP contribution in [0, 0.1) is 5.92 Å². The summed E-state index contributed by atoms with van der Waals surface area (Å²) in [6.07, 6.45) is -1.83. The molecule has 0 saturated carbocycles. The van der Waals surface area contributed by atoms with Crippen molar-refractivity contribution in [1.29, 1.82) is 0 Å². The molecule has 1 aromatic rings. The molecule has 0 aliphatic carbocycles. The molecule has 0 radical (unpaired) electrons. The highest BCUT2D eigenvalue weighted by atomic mass is 19.4. The molecular weight excluding hydrogens is 393 g/mol. The van der Waals surface area contributed by atoms with Gasteiger partial charge < -0.3 is 20.3 Å². The standard InChI is InChI=1S/C22H35F3N4O/c1-4-26-21(28-13-20-6-5-11-29(14-20)17(2)3)27-12-18-7-9-19(10-8-18)15-30-16-22(23,24)25/h7-10,17,20H,4-6,11-16H2,1-3H3,(H2,26,27,28). The zero-order valence-corrected chi connectivity index (χ0v) is 18.3. The summed E-state index contributed by atoms with van der Waals surface area (Å²) in [6.45, 7) is 9.71. The summed E-state index contributed by atoms with van der Waals surface area (Å²) in [5.74, 6) is 1.40. The van der Waals surface area contributed by atoms with Crippen LogP contribution in [0.15, 0.2) is 29.3 Å². The Morgan fingerprint density at radius 3 is 2.53 bits per heavy atom. The molecule has 1 unspecified atom stereocenters. The van der Waals surface area contributed by atoms with Crippen LogP contribution < -0.4 is 10.6 Å². The van der Waals surface area contributed by atoms with Crippen LogP contribution in [0.2, 0.25) is 0 Å². The van der Waals surface area contributed by atoms with Gasteiger partial charge in [-0.1, -0.05) is 24.3 Å². The number of guanidine groups is 1. The lowest BCUT2D eigenvalue weighted by Crippen LogP contribution is -2.46. The Labute approximate surface area is 178 Å². The highest BCUT2D eigenvalue weighted by Crippen LogP contribution is 2.18. The minimum Gasteiger partial charge on any atom is -0.367 e. The molecule has 170 valence electrons. The zero-order chi connectivity index (χ0) is 22.0. The molecule has 1 atom stereocenters. The molecular formula is C22H35F3N4O. The molecule has 2 N–H and O–H groups in total. The van der Waals surface area contributed by atoms with Gasteiger partial charge in [0.25, 0.3) is 0 Å². The average molecular weight is 429 g/mol. The number of alkyl halides is 3. The predicted octanol–water partition coefficient (Wildman–Crippen LogP) is 3.94. The lowest BCUT2D eigenvalue weighted by molar-refractivity contribution is -0.176. The molecule has 1 aromatic carbocycles. The maximum absolute atomic E-state index is 12.1. The van der Waals surface area contributed by atoms with Gasteiger partial charge in [-0.15, -0.1) is 0 Å². The van der Waals surface area contributed by atoms with Gasteiger partial charge in [0, 0.05) is 25.7 Å². The van der Waals surface area contributed by atoms with Gasteiger partial charge in [-0.3, -0.25) is 0 Å². The van der Waals surface area contributed by atoms with Crippen molar-refractivity contribution < 1.29 is 17.9 Å². The maximum Gasteiger partial charge on any atom is 0.411 e. The van der Waals surface area contributed by atoms with Crippen molar-refractivity contribution in [2.75, 3.05) is 32.8 Å². The number of rotatable bonds is 9. The molecule has 0 amide bonds. The van der Waals surface area contributed by atoms with E-state index in [9.17, 15) is 13.2 Å². The first kappa shape index (κ1) is 24.5. The fourth-order valence-corrected chi connectivity index (χ4v) is 3.51. The Hall–Kier alpha value is -1.80. The quantitative estimate of drug-likeness (QED) is 0.462. The molecule has 0 bridgehead atoms. The van der Waals surface area contributed by atoms with E-state index in [-0.39, 0.29) is 6.61 Å². The number of hydrogen-bond acceptors (Lipinski definition) is 3. The molecule has 1 heterocycles. The average Bonchev–Trinajstić information content (AvgIpc) is 2.70. The maximum atomic E-state index is 12.1. The van der Waals surface area contributed by atoms with Crippen molar-refractivity contribution in [2.45, 2.75) is 59.0 Å². The van der Waals surface area contributed by atoms with Crippen LogP contribution in [0.3, 0.4) is 0 Å². The predicted molar refractivity (Wildman–Crippen MR) is 114 cm³/mol. The first-order chi connectivity index (χ1) is 14.3. The number of benzene rings is 1. The van der Waals surface area contributed by atoms with Crippen LogP contribution in [0.25, 0.3) is 0 Å². The van der Waals surface area contributed by atoms with E-state index in [2.05, 4.69) is 39.1 Å². The summed E-state index contributed by atoms with van der Waals surface area (Å²) in [4.78, 5) is 7.17. The molecule has 8 heteroatoms. The minimum atomic E-state index is -4.30. The van der Waals surface area contributed by atoms with E-state index < -0.39 is 12.8 Å². The van der Waals surface area contributed by atoms with Gasteiger partial charge in [-0.05, 0) is 57.2 Å². The summed E-state index contributed by atoms with van der Waals surface area (Å²) in [7, 11) is 0. The van der Waals surface area contributed by atoms with E-state index >= 15 is 0 Å². The van der Waals surface area contributed by atoms with E-state index in [1.807, 2.05) is 19.1 Å². The Bertz CT molecular complexity index is 647. The van der Waals surface area contributed by atoms with Crippen LogP contribution in [0.4, 0.5) is 13.2 Å². The third-order valence-electron chi connectivity index (χ3n) is 5.16. The fraction of sp³-hybridized carbons (Fsp3) is 0.682. The first-order valence-electron chi connectivity index (χ1n) is 10.8. The third kappa shape index (κ3) is 9.34. The molecule has 1 fully saturated rings. The third-order valence-corrected chi connectivity index (χ3v) is 5.16. The lowest BCUT2D eigenvalue weighted by atomic mass is 9.97. The summed E-state index contributed by atoms with van der Waals surface area (Å²) in [5.41, 5.74) is 1.71. The Morgan fingerprint density at radius 1 is 1.20 bits per heavy atom. The van der Waals surface area contributed by atoms with Gasteiger partial charge >= 0.3 is 6.18 Å². The van der Waals surface area contributed by atoms with Crippen molar-refractivity contribution in [2.24, 2.45) is 10.9 Å². The van der Waals surface area contributed by atoms with E-state index in [1.54, 1.807) is 12.1 Å². The SMILES string of the molecule is CCNC(=NCc1ccc(COCC(F)(F)F)cc1)NCC1CCCN(C(C)C)C1. The topological polar surface area (TPSA) is 48.9 Å². The van der Waals surface area contributed by atoms with Crippen LogP contribution in [-0.4, -0.2) is 55.9 Å². The number of nitrogens with one attached hydrogen (secondary N) is 2. The monoisotopic (exact) mass is 428 g/mol. The summed E-state index contributed by atoms with van der Waals surface area (Å²) >= 11 is 0. The number of ether oxygens (including phenoxy) is 1. The molecule has 30 heavy (non-hydrogen) atoms. The van der Waals surface area contributed by atoms with Crippen LogP contribution in [-0.2, 0) is 17.9 Å². The number of aliphatic imine (C=N–C) groups is 1. The number of nitrogens with zero attached hydrogens (tertiary/aromatic N) is 2. The van der Waals surface area contributed by atoms with Gasteiger partial charge in [0.05, 0.1) is 13.2 Å². The van der Waals surface area contributed by atoms with Crippen LogP contribution in [0.5, 0.6) is 0 Å².